The van der Waals surface area contributed by atoms with Crippen LogP contribution in [0.25, 0.3) is 0 Å². The van der Waals surface area contributed by atoms with Gasteiger partial charge in [-0.3, -0.25) is 0 Å². The van der Waals surface area contributed by atoms with E-state index in [-0.39, 0.29) is 12.1 Å². The normalized spacial score (nSPS) is 16.5. The lowest BCUT2D eigenvalue weighted by Crippen LogP contribution is -2.31. The molecule has 1 atom stereocenters. The zero-order chi connectivity index (χ0) is 16.1. The second kappa shape index (κ2) is 7.29. The van der Waals surface area contributed by atoms with Crippen LogP contribution in [0.15, 0.2) is 48.5 Å². The average Bonchev–Trinajstić information content (AvgIpc) is 2.56. The third-order valence-electron chi connectivity index (χ3n) is 4.25. The third-order valence-corrected chi connectivity index (χ3v) is 4.25. The van der Waals surface area contributed by atoms with Crippen LogP contribution in [0.1, 0.15) is 23.1 Å². The summed E-state index contributed by atoms with van der Waals surface area (Å²) in [6.07, 6.45) is 2.75. The van der Waals surface area contributed by atoms with Gasteiger partial charge in [-0.1, -0.05) is 42.5 Å². The van der Waals surface area contributed by atoms with Gasteiger partial charge in [0, 0.05) is 18.7 Å². The monoisotopic (exact) mass is 310 g/mol. The van der Waals surface area contributed by atoms with E-state index in [1.165, 1.54) is 11.1 Å². The Bertz CT molecular complexity index is 670. The van der Waals surface area contributed by atoms with Crippen LogP contribution in [0.3, 0.4) is 0 Å². The molecule has 0 unspecified atom stereocenters. The number of carbonyl (C=O) groups is 1. The predicted octanol–water partition coefficient (Wildman–Crippen LogP) is 2.90. The number of carbonyl (C=O) groups excluding carboxylic acids is 1. The zero-order valence-electron chi connectivity index (χ0n) is 13.1. The van der Waals surface area contributed by atoms with E-state index in [4.69, 9.17) is 0 Å². The van der Waals surface area contributed by atoms with Gasteiger partial charge in [0.15, 0.2) is 0 Å². The number of urea groups is 1. The van der Waals surface area contributed by atoms with Crippen LogP contribution in [0.4, 0.5) is 10.5 Å². The lowest BCUT2D eigenvalue weighted by atomic mass is 9.88. The number of aliphatic hydroxyl groups excluding tert-OH is 1. The van der Waals surface area contributed by atoms with Crippen LogP contribution >= 0.6 is 0 Å². The third kappa shape index (κ3) is 4.11. The maximum absolute atomic E-state index is 12.1. The Morgan fingerprint density at radius 3 is 2.78 bits per heavy atom. The van der Waals surface area contributed by atoms with E-state index in [2.05, 4.69) is 28.8 Å². The minimum absolute atomic E-state index is 0.200. The fourth-order valence-electron chi connectivity index (χ4n) is 3.02. The highest BCUT2D eigenvalue weighted by Gasteiger charge is 2.19. The van der Waals surface area contributed by atoms with E-state index in [1.54, 1.807) is 0 Å². The highest BCUT2D eigenvalue weighted by molar-refractivity contribution is 5.90. The number of aliphatic hydroxyl groups is 1. The maximum Gasteiger partial charge on any atom is 0.319 e. The summed E-state index contributed by atoms with van der Waals surface area (Å²) < 4.78 is 0. The molecule has 0 saturated heterocycles. The summed E-state index contributed by atoms with van der Waals surface area (Å²) in [7, 11) is 0. The van der Waals surface area contributed by atoms with Crippen LogP contribution in [0, 0.1) is 0 Å². The fraction of sp³-hybridized carbons (Fsp3) is 0.316. The summed E-state index contributed by atoms with van der Waals surface area (Å²) >= 11 is 0. The number of aryl methyl sites for hydroxylation is 1. The molecule has 1 aliphatic rings. The first kappa shape index (κ1) is 15.6. The molecule has 0 fully saturated rings. The van der Waals surface area contributed by atoms with Crippen molar-refractivity contribution in [1.82, 2.24) is 5.32 Å². The van der Waals surface area contributed by atoms with Crippen LogP contribution in [0.2, 0.25) is 0 Å². The van der Waals surface area contributed by atoms with Crippen molar-refractivity contribution in [3.63, 3.8) is 0 Å². The first-order chi connectivity index (χ1) is 11.2. The summed E-state index contributed by atoms with van der Waals surface area (Å²) in [4.78, 5) is 12.1. The molecule has 3 rings (SSSR count). The highest BCUT2D eigenvalue weighted by Crippen LogP contribution is 2.28. The van der Waals surface area contributed by atoms with Crippen LogP contribution in [0.5, 0.6) is 0 Å². The Hall–Kier alpha value is -2.33. The van der Waals surface area contributed by atoms with Crippen molar-refractivity contribution in [3.8, 4) is 0 Å². The van der Waals surface area contributed by atoms with Gasteiger partial charge in [-0.2, -0.15) is 0 Å². The lowest BCUT2D eigenvalue weighted by Gasteiger charge is -2.23. The number of fused-ring (bicyclic) bond motifs is 1. The molecule has 0 bridgehead atoms. The minimum Gasteiger partial charge on any atom is -0.393 e. The van der Waals surface area contributed by atoms with E-state index >= 15 is 0 Å². The van der Waals surface area contributed by atoms with Gasteiger partial charge in [-0.05, 0) is 42.0 Å². The fourth-order valence-corrected chi connectivity index (χ4v) is 3.02. The molecule has 0 spiro atoms. The largest absolute Gasteiger partial charge is 0.393 e. The summed E-state index contributed by atoms with van der Waals surface area (Å²) in [5.41, 5.74) is 4.29. The summed E-state index contributed by atoms with van der Waals surface area (Å²) in [6, 6.07) is 15.8. The Kier molecular flexibility index (Phi) is 4.93. The van der Waals surface area contributed by atoms with Gasteiger partial charge in [0.25, 0.3) is 0 Å². The Balaban J connectivity index is 1.56. The van der Waals surface area contributed by atoms with E-state index < -0.39 is 0 Å². The van der Waals surface area contributed by atoms with Crippen molar-refractivity contribution < 1.29 is 9.90 Å². The number of rotatable bonds is 4. The second-order valence-corrected chi connectivity index (χ2v) is 5.96. The van der Waals surface area contributed by atoms with E-state index in [0.717, 1.165) is 30.5 Å². The minimum atomic E-state index is -0.313. The molecule has 3 N–H and O–H groups in total. The van der Waals surface area contributed by atoms with Crippen molar-refractivity contribution in [3.05, 3.63) is 65.2 Å². The predicted molar refractivity (Wildman–Crippen MR) is 91.6 cm³/mol. The van der Waals surface area contributed by atoms with E-state index in [1.807, 2.05) is 30.3 Å². The number of benzene rings is 2. The van der Waals surface area contributed by atoms with Crippen molar-refractivity contribution in [2.24, 2.45) is 0 Å². The van der Waals surface area contributed by atoms with Crippen LogP contribution in [-0.2, 0) is 19.3 Å². The van der Waals surface area contributed by atoms with Crippen molar-refractivity contribution >= 4 is 11.7 Å². The first-order valence-corrected chi connectivity index (χ1v) is 8.10. The molecule has 0 aliphatic heterocycles. The number of amides is 2. The highest BCUT2D eigenvalue weighted by atomic mass is 16.3. The van der Waals surface area contributed by atoms with Crippen molar-refractivity contribution in [1.29, 1.82) is 0 Å². The molecule has 2 amide bonds. The number of anilines is 1. The molecule has 1 aliphatic carbocycles. The van der Waals surface area contributed by atoms with Gasteiger partial charge in [0.2, 0.25) is 0 Å². The van der Waals surface area contributed by atoms with Crippen LogP contribution < -0.4 is 10.6 Å². The summed E-state index contributed by atoms with van der Waals surface area (Å²) in [6.45, 7) is 0.591. The number of hydrogen-bond acceptors (Lipinski definition) is 2. The van der Waals surface area contributed by atoms with Gasteiger partial charge in [0.05, 0.1) is 6.10 Å². The standard InChI is InChI=1S/C19H22N2O2/c22-16-10-9-15-7-4-8-18(17(15)13-16)21-19(23)20-12-11-14-5-2-1-3-6-14/h1-8,16,22H,9-13H2,(H2,20,21,23)/t16-/m1/s1. The molecule has 0 heterocycles. The molecular weight excluding hydrogens is 288 g/mol. The maximum atomic E-state index is 12.1. The smallest absolute Gasteiger partial charge is 0.319 e. The molecular formula is C19H22N2O2. The average molecular weight is 310 g/mol. The van der Waals surface area contributed by atoms with Gasteiger partial charge in [0.1, 0.15) is 0 Å². The molecule has 0 saturated carbocycles. The lowest BCUT2D eigenvalue weighted by molar-refractivity contribution is 0.159. The molecule has 4 heteroatoms. The summed E-state index contributed by atoms with van der Waals surface area (Å²) in [5, 5.41) is 15.7. The van der Waals surface area contributed by atoms with Gasteiger partial charge in [-0.15, -0.1) is 0 Å². The van der Waals surface area contributed by atoms with E-state index in [0.29, 0.717) is 13.0 Å². The van der Waals surface area contributed by atoms with Crippen molar-refractivity contribution in [2.45, 2.75) is 31.8 Å². The van der Waals surface area contributed by atoms with Gasteiger partial charge in [-0.25, -0.2) is 4.79 Å². The number of hydrogen-bond donors (Lipinski definition) is 3. The topological polar surface area (TPSA) is 61.4 Å². The Morgan fingerprint density at radius 2 is 1.96 bits per heavy atom. The molecule has 23 heavy (non-hydrogen) atoms. The van der Waals surface area contributed by atoms with E-state index in [9.17, 15) is 9.90 Å². The first-order valence-electron chi connectivity index (χ1n) is 8.10. The molecule has 0 aromatic heterocycles. The molecule has 0 radical (unpaired) electrons. The molecule has 2 aromatic carbocycles. The SMILES string of the molecule is O=C(NCCc1ccccc1)Nc1cccc2c1C[C@H](O)CC2. The van der Waals surface area contributed by atoms with Crippen molar-refractivity contribution in [2.75, 3.05) is 11.9 Å². The van der Waals surface area contributed by atoms with Crippen LogP contribution in [-0.4, -0.2) is 23.8 Å². The Labute approximate surface area is 136 Å². The second-order valence-electron chi connectivity index (χ2n) is 5.96. The van der Waals surface area contributed by atoms with Gasteiger partial charge < -0.3 is 15.7 Å². The summed E-state index contributed by atoms with van der Waals surface area (Å²) in [5.74, 6) is 0. The van der Waals surface area contributed by atoms with Gasteiger partial charge >= 0.3 is 6.03 Å². The molecule has 4 nitrogen and oxygen atoms in total. The Morgan fingerprint density at radius 1 is 1.13 bits per heavy atom. The quantitative estimate of drug-likeness (QED) is 0.813. The zero-order valence-corrected chi connectivity index (χ0v) is 13.1. The number of nitrogens with one attached hydrogen (secondary N) is 2. The molecule has 2 aromatic rings. The molecule has 120 valence electrons.